The summed E-state index contributed by atoms with van der Waals surface area (Å²) in [5.41, 5.74) is 5.56. The Morgan fingerprint density at radius 1 is 0.926 bits per heavy atom. The van der Waals surface area contributed by atoms with Crippen molar-refractivity contribution in [3.05, 3.63) is 58.1 Å². The van der Waals surface area contributed by atoms with Gasteiger partial charge in [0.25, 0.3) is 0 Å². The Morgan fingerprint density at radius 3 is 2.07 bits per heavy atom. The molecule has 5 nitrogen and oxygen atoms in total. The molecule has 2 rings (SSSR count). The fraction of sp³-hybridized carbons (Fsp3) is 0.381. The molecule has 0 saturated carbocycles. The van der Waals surface area contributed by atoms with Crippen LogP contribution in [0.1, 0.15) is 34.7 Å². The Morgan fingerprint density at radius 2 is 1.52 bits per heavy atom. The highest BCUT2D eigenvalue weighted by Crippen LogP contribution is 2.26. The van der Waals surface area contributed by atoms with E-state index in [9.17, 15) is 13.2 Å². The number of hydrogen-bond donors (Lipinski definition) is 1. The molecule has 0 fully saturated rings. The number of nitrogens with one attached hydrogen (secondary N) is 1. The van der Waals surface area contributed by atoms with Gasteiger partial charge >= 0.3 is 0 Å². The van der Waals surface area contributed by atoms with Gasteiger partial charge in [-0.2, -0.15) is 0 Å². The van der Waals surface area contributed by atoms with Crippen LogP contribution in [0.4, 0.5) is 5.69 Å². The zero-order chi connectivity index (χ0) is 20.4. The topological polar surface area (TPSA) is 66.5 Å². The summed E-state index contributed by atoms with van der Waals surface area (Å²) >= 11 is 0. The van der Waals surface area contributed by atoms with Crippen molar-refractivity contribution in [2.75, 3.05) is 18.0 Å². The van der Waals surface area contributed by atoms with Gasteiger partial charge in [0.05, 0.1) is 4.90 Å². The van der Waals surface area contributed by atoms with Crippen LogP contribution in [0.15, 0.2) is 35.2 Å². The summed E-state index contributed by atoms with van der Waals surface area (Å²) in [5, 5.41) is 0. The zero-order valence-electron chi connectivity index (χ0n) is 16.9. The third-order valence-corrected chi connectivity index (χ3v) is 6.15. The summed E-state index contributed by atoms with van der Waals surface area (Å²) in [6.45, 7) is 11.5. The lowest BCUT2D eigenvalue weighted by Gasteiger charge is -2.25. The maximum absolute atomic E-state index is 12.7. The van der Waals surface area contributed by atoms with Gasteiger partial charge in [-0.15, -0.1) is 0 Å². The van der Waals surface area contributed by atoms with Crippen molar-refractivity contribution in [2.24, 2.45) is 0 Å². The molecule has 0 saturated heterocycles. The lowest BCUT2D eigenvalue weighted by Crippen LogP contribution is -2.38. The normalized spacial score (nSPS) is 11.5. The zero-order valence-corrected chi connectivity index (χ0v) is 17.7. The van der Waals surface area contributed by atoms with E-state index < -0.39 is 10.0 Å². The predicted molar refractivity (Wildman–Crippen MR) is 110 cm³/mol. The molecular formula is C21H28N2O3S. The number of carbonyl (C=O) groups excluding carboxylic acids is 1. The largest absolute Gasteiger partial charge is 0.311 e. The van der Waals surface area contributed by atoms with Crippen molar-refractivity contribution in [3.63, 3.8) is 0 Å². The predicted octanol–water partition coefficient (Wildman–Crippen LogP) is 3.56. The first-order valence-corrected chi connectivity index (χ1v) is 10.4. The number of rotatable bonds is 6. The number of amides is 1. The second-order valence-corrected chi connectivity index (χ2v) is 8.82. The van der Waals surface area contributed by atoms with Crippen LogP contribution in [0.2, 0.25) is 0 Å². The fourth-order valence-electron chi connectivity index (χ4n) is 3.39. The first kappa shape index (κ1) is 21.1. The maximum atomic E-state index is 12.7. The van der Waals surface area contributed by atoms with E-state index in [1.165, 1.54) is 6.92 Å². The summed E-state index contributed by atoms with van der Waals surface area (Å²) < 4.78 is 27.9. The molecule has 0 aliphatic heterocycles. The molecule has 6 heteroatoms. The molecule has 0 unspecified atom stereocenters. The Bertz CT molecular complexity index is 942. The van der Waals surface area contributed by atoms with E-state index in [1.54, 1.807) is 24.0 Å². The van der Waals surface area contributed by atoms with Gasteiger partial charge in [-0.1, -0.05) is 29.8 Å². The first-order chi connectivity index (χ1) is 12.5. The minimum absolute atomic E-state index is 0.115. The van der Waals surface area contributed by atoms with Gasteiger partial charge < -0.3 is 4.90 Å². The average Bonchev–Trinajstić information content (AvgIpc) is 2.54. The van der Waals surface area contributed by atoms with Crippen molar-refractivity contribution in [1.29, 1.82) is 0 Å². The maximum Gasteiger partial charge on any atom is 0.240 e. The van der Waals surface area contributed by atoms with E-state index in [0.29, 0.717) is 5.56 Å². The molecule has 1 amide bonds. The van der Waals surface area contributed by atoms with Gasteiger partial charge in [-0.05, 0) is 62.9 Å². The van der Waals surface area contributed by atoms with E-state index in [-0.39, 0.29) is 23.9 Å². The second-order valence-electron chi connectivity index (χ2n) is 7.08. The molecule has 0 aliphatic rings. The van der Waals surface area contributed by atoms with Gasteiger partial charge in [0.1, 0.15) is 0 Å². The van der Waals surface area contributed by atoms with Gasteiger partial charge in [0, 0.05) is 25.7 Å². The van der Waals surface area contributed by atoms with Crippen molar-refractivity contribution >= 4 is 21.6 Å². The van der Waals surface area contributed by atoms with Crippen molar-refractivity contribution in [2.45, 2.75) is 46.4 Å². The van der Waals surface area contributed by atoms with Crippen LogP contribution in [-0.4, -0.2) is 27.4 Å². The summed E-state index contributed by atoms with van der Waals surface area (Å²) in [4.78, 5) is 14.1. The van der Waals surface area contributed by atoms with Crippen molar-refractivity contribution in [3.8, 4) is 0 Å². The highest BCUT2D eigenvalue weighted by molar-refractivity contribution is 7.89. The van der Waals surface area contributed by atoms with Crippen LogP contribution < -0.4 is 9.62 Å². The third-order valence-electron chi connectivity index (χ3n) is 4.55. The number of carbonyl (C=O) groups is 1. The SMILES string of the molecule is CC(=O)N(CCNS(=O)(=O)c1cc(C)ccc1C)c1c(C)cc(C)cc1C. The minimum atomic E-state index is -3.63. The standard InChI is InChI=1S/C21H28N2O3S/c1-14-7-8-16(3)20(13-14)27(25,26)22-9-10-23(19(6)24)21-17(4)11-15(2)12-18(21)5/h7-8,11-13,22H,9-10H2,1-6H3. The quantitative estimate of drug-likeness (QED) is 0.823. The molecule has 1 N–H and O–H groups in total. The van der Waals surface area contributed by atoms with Gasteiger partial charge in [0.2, 0.25) is 15.9 Å². The van der Waals surface area contributed by atoms with Gasteiger partial charge in [-0.25, -0.2) is 13.1 Å². The van der Waals surface area contributed by atoms with E-state index >= 15 is 0 Å². The number of hydrogen-bond acceptors (Lipinski definition) is 3. The molecule has 0 aliphatic carbocycles. The number of nitrogens with zero attached hydrogens (tertiary/aromatic N) is 1. The minimum Gasteiger partial charge on any atom is -0.311 e. The van der Waals surface area contributed by atoms with Crippen LogP contribution in [0.3, 0.4) is 0 Å². The lowest BCUT2D eigenvalue weighted by molar-refractivity contribution is -0.116. The Kier molecular flexibility index (Phi) is 6.44. The molecule has 0 radical (unpaired) electrons. The monoisotopic (exact) mass is 388 g/mol. The number of anilines is 1. The summed E-state index contributed by atoms with van der Waals surface area (Å²) in [6, 6.07) is 9.39. The highest BCUT2D eigenvalue weighted by atomic mass is 32.2. The number of benzene rings is 2. The lowest BCUT2D eigenvalue weighted by atomic mass is 10.0. The fourth-order valence-corrected chi connectivity index (χ4v) is 4.74. The molecule has 0 heterocycles. The van der Waals surface area contributed by atoms with Gasteiger partial charge in [0.15, 0.2) is 0 Å². The highest BCUT2D eigenvalue weighted by Gasteiger charge is 2.20. The van der Waals surface area contributed by atoms with Crippen LogP contribution >= 0.6 is 0 Å². The molecule has 0 spiro atoms. The average molecular weight is 389 g/mol. The molecule has 2 aromatic rings. The smallest absolute Gasteiger partial charge is 0.240 e. The molecule has 0 aromatic heterocycles. The van der Waals surface area contributed by atoms with Crippen molar-refractivity contribution < 1.29 is 13.2 Å². The van der Waals surface area contributed by atoms with E-state index in [2.05, 4.69) is 4.72 Å². The third kappa shape index (κ3) is 4.96. The van der Waals surface area contributed by atoms with Crippen molar-refractivity contribution in [1.82, 2.24) is 4.72 Å². The second kappa shape index (κ2) is 8.23. The van der Waals surface area contributed by atoms with E-state index in [1.807, 2.05) is 45.9 Å². The van der Waals surface area contributed by atoms with Crippen LogP contribution in [0.25, 0.3) is 0 Å². The number of aryl methyl sites for hydroxylation is 5. The first-order valence-electron chi connectivity index (χ1n) is 8.96. The summed E-state index contributed by atoms with van der Waals surface area (Å²) in [5.74, 6) is -0.115. The van der Waals surface area contributed by atoms with Gasteiger partial charge in [-0.3, -0.25) is 4.79 Å². The van der Waals surface area contributed by atoms with E-state index in [0.717, 1.165) is 27.9 Å². The molecule has 146 valence electrons. The van der Waals surface area contributed by atoms with E-state index in [4.69, 9.17) is 0 Å². The van der Waals surface area contributed by atoms with Crippen LogP contribution in [-0.2, 0) is 14.8 Å². The van der Waals surface area contributed by atoms with Crippen LogP contribution in [0.5, 0.6) is 0 Å². The summed E-state index contributed by atoms with van der Waals surface area (Å²) in [6.07, 6.45) is 0. The molecular weight excluding hydrogens is 360 g/mol. The van der Waals surface area contributed by atoms with Crippen LogP contribution in [0, 0.1) is 34.6 Å². The Balaban J connectivity index is 2.21. The summed E-state index contributed by atoms with van der Waals surface area (Å²) in [7, 11) is -3.63. The molecule has 0 atom stereocenters. The molecule has 2 aromatic carbocycles. The Hall–Kier alpha value is -2.18. The number of sulfonamides is 1. The Labute approximate surface area is 162 Å². The molecule has 27 heavy (non-hydrogen) atoms. The molecule has 0 bridgehead atoms.